The lowest BCUT2D eigenvalue weighted by Crippen LogP contribution is -2.01. The maximum absolute atomic E-state index is 11.7. The van der Waals surface area contributed by atoms with Crippen LogP contribution in [0, 0.1) is 6.92 Å². The first kappa shape index (κ1) is 14.3. The smallest absolute Gasteiger partial charge is 0.182 e. The third-order valence-electron chi connectivity index (χ3n) is 4.29. The Balaban J connectivity index is 2.27. The van der Waals surface area contributed by atoms with Crippen LogP contribution in [0.25, 0.3) is 33.4 Å². The number of benzene rings is 3. The van der Waals surface area contributed by atoms with Crippen LogP contribution >= 0.6 is 0 Å². The summed E-state index contributed by atoms with van der Waals surface area (Å²) in [5, 5.41) is 10.7. The molecule has 118 valence electrons. The summed E-state index contributed by atoms with van der Waals surface area (Å²) in [7, 11) is 0. The van der Waals surface area contributed by atoms with Gasteiger partial charge in [0.15, 0.2) is 11.0 Å². The molecule has 1 aliphatic carbocycles. The van der Waals surface area contributed by atoms with Gasteiger partial charge in [-0.05, 0) is 42.3 Å². The van der Waals surface area contributed by atoms with Crippen LogP contribution in [0.5, 0.6) is 5.75 Å². The summed E-state index contributed by atoms with van der Waals surface area (Å²) < 4.78 is 5.86. The zero-order chi connectivity index (χ0) is 16.8. The minimum absolute atomic E-state index is 0.0420. The predicted molar refractivity (Wildman–Crippen MR) is 95.4 cm³/mol. The maximum Gasteiger partial charge on any atom is 0.182 e. The van der Waals surface area contributed by atoms with Gasteiger partial charge >= 0.3 is 0 Å². The Morgan fingerprint density at radius 3 is 2.58 bits per heavy atom. The van der Waals surface area contributed by atoms with Gasteiger partial charge in [0.25, 0.3) is 0 Å². The first-order chi connectivity index (χ1) is 11.6. The van der Waals surface area contributed by atoms with E-state index in [9.17, 15) is 9.90 Å². The monoisotopic (exact) mass is 317 g/mol. The fourth-order valence-electron chi connectivity index (χ4n) is 3.09. The fourth-order valence-corrected chi connectivity index (χ4v) is 3.09. The highest BCUT2D eigenvalue weighted by Crippen LogP contribution is 2.43. The molecule has 0 fully saturated rings. The highest BCUT2D eigenvalue weighted by Gasteiger charge is 2.20. The average Bonchev–Trinajstić information content (AvgIpc) is 2.57. The Hall–Kier alpha value is -3.27. The van der Waals surface area contributed by atoms with Gasteiger partial charge in [-0.2, -0.15) is 0 Å². The summed E-state index contributed by atoms with van der Waals surface area (Å²) in [4.78, 5) is 11.7. The minimum atomic E-state index is -0.139. The molecule has 4 heteroatoms. The minimum Gasteiger partial charge on any atom is -0.506 e. The van der Waals surface area contributed by atoms with Crippen LogP contribution in [0.2, 0.25) is 0 Å². The third kappa shape index (κ3) is 2.04. The number of fused-ring (bicyclic) bond motifs is 2. The van der Waals surface area contributed by atoms with Gasteiger partial charge in [-0.1, -0.05) is 24.3 Å². The van der Waals surface area contributed by atoms with E-state index in [2.05, 4.69) is 0 Å². The number of nitrogen functional groups attached to an aromatic ring is 1. The van der Waals surface area contributed by atoms with Crippen LogP contribution < -0.4 is 11.2 Å². The molecule has 24 heavy (non-hydrogen) atoms. The zero-order valence-corrected chi connectivity index (χ0v) is 13.0. The van der Waals surface area contributed by atoms with Crippen LogP contribution in [-0.2, 0) is 0 Å². The Kier molecular flexibility index (Phi) is 3.06. The van der Waals surface area contributed by atoms with Crippen LogP contribution in [-0.4, -0.2) is 5.11 Å². The molecule has 2 aliphatic rings. The lowest BCUT2D eigenvalue weighted by Gasteiger charge is -2.17. The second kappa shape index (κ2) is 5.13. The van der Waals surface area contributed by atoms with Crippen molar-refractivity contribution in [3.8, 4) is 28.2 Å². The second-order valence-corrected chi connectivity index (χ2v) is 5.82. The van der Waals surface area contributed by atoms with Gasteiger partial charge in [0.2, 0.25) is 0 Å². The van der Waals surface area contributed by atoms with Crippen LogP contribution in [0.1, 0.15) is 5.56 Å². The molecular weight excluding hydrogens is 302 g/mol. The van der Waals surface area contributed by atoms with Gasteiger partial charge in [-0.3, -0.25) is 4.79 Å². The molecule has 0 amide bonds. The lowest BCUT2D eigenvalue weighted by atomic mass is 9.91. The molecule has 1 aliphatic heterocycles. The molecule has 0 radical (unpaired) electrons. The second-order valence-electron chi connectivity index (χ2n) is 5.82. The summed E-state index contributed by atoms with van der Waals surface area (Å²) in [6, 6.07) is 16.1. The van der Waals surface area contributed by atoms with Crippen molar-refractivity contribution in [2.45, 2.75) is 6.92 Å². The SMILES string of the molecule is Cc1ccccc1-c1c2ccc(=O)cc-2oc2c(N)c(O)ccc12. The van der Waals surface area contributed by atoms with E-state index in [0.29, 0.717) is 11.3 Å². The van der Waals surface area contributed by atoms with Crippen molar-refractivity contribution in [2.24, 2.45) is 0 Å². The summed E-state index contributed by atoms with van der Waals surface area (Å²) in [6.07, 6.45) is 0. The number of aromatic hydroxyl groups is 1. The topological polar surface area (TPSA) is 76.5 Å². The summed E-state index contributed by atoms with van der Waals surface area (Å²) in [5.41, 5.74) is 10.3. The molecule has 0 saturated carbocycles. The number of rotatable bonds is 1. The number of hydrogen-bond acceptors (Lipinski definition) is 4. The fraction of sp³-hybridized carbons (Fsp3) is 0.0500. The molecule has 0 aromatic heterocycles. The third-order valence-corrected chi connectivity index (χ3v) is 4.29. The van der Waals surface area contributed by atoms with Gasteiger partial charge in [0.05, 0.1) is 0 Å². The number of aryl methyl sites for hydroxylation is 1. The van der Waals surface area contributed by atoms with E-state index in [1.807, 2.05) is 31.2 Å². The summed E-state index contributed by atoms with van der Waals surface area (Å²) >= 11 is 0. The van der Waals surface area contributed by atoms with Crippen LogP contribution in [0.3, 0.4) is 0 Å². The Bertz CT molecular complexity index is 1110. The van der Waals surface area contributed by atoms with E-state index < -0.39 is 0 Å². The molecule has 0 bridgehead atoms. The van der Waals surface area contributed by atoms with Crippen LogP contribution in [0.4, 0.5) is 5.69 Å². The van der Waals surface area contributed by atoms with Crippen molar-refractivity contribution in [2.75, 3.05) is 5.73 Å². The average molecular weight is 317 g/mol. The van der Waals surface area contributed by atoms with E-state index in [0.717, 1.165) is 27.6 Å². The molecule has 0 atom stereocenters. The summed E-state index contributed by atoms with van der Waals surface area (Å²) in [6.45, 7) is 2.03. The molecule has 0 saturated heterocycles. The quantitative estimate of drug-likeness (QED) is 0.314. The molecule has 4 nitrogen and oxygen atoms in total. The van der Waals surface area contributed by atoms with Crippen molar-refractivity contribution >= 4 is 16.7 Å². The maximum atomic E-state index is 11.7. The summed E-state index contributed by atoms with van der Waals surface area (Å²) in [5.74, 6) is 0.408. The molecule has 3 N–H and O–H groups in total. The van der Waals surface area contributed by atoms with Gasteiger partial charge < -0.3 is 15.3 Å². The van der Waals surface area contributed by atoms with Crippen molar-refractivity contribution in [1.82, 2.24) is 0 Å². The normalized spacial score (nSPS) is 11.2. The molecule has 0 spiro atoms. The molecule has 1 heterocycles. The van der Waals surface area contributed by atoms with Gasteiger partial charge in [0.1, 0.15) is 17.2 Å². The van der Waals surface area contributed by atoms with E-state index in [-0.39, 0.29) is 16.9 Å². The number of phenols is 1. The number of hydrogen-bond donors (Lipinski definition) is 2. The largest absolute Gasteiger partial charge is 0.506 e. The zero-order valence-electron chi connectivity index (χ0n) is 13.0. The molecule has 0 unspecified atom stereocenters. The van der Waals surface area contributed by atoms with E-state index in [1.54, 1.807) is 18.2 Å². The standard InChI is InChI=1S/C20H15NO3/c1-11-4-2-3-5-13(11)18-14-7-6-12(22)10-17(14)24-20-15(18)8-9-16(23)19(20)21/h2-10,23H,21H2,1H3. The Morgan fingerprint density at radius 2 is 1.79 bits per heavy atom. The van der Waals surface area contributed by atoms with Gasteiger partial charge in [-0.25, -0.2) is 0 Å². The Morgan fingerprint density at radius 1 is 1.00 bits per heavy atom. The highest BCUT2D eigenvalue weighted by molar-refractivity contribution is 6.06. The molecule has 2 aromatic rings. The first-order valence-electron chi connectivity index (χ1n) is 7.60. The van der Waals surface area contributed by atoms with Crippen molar-refractivity contribution in [3.05, 3.63) is 70.4 Å². The van der Waals surface area contributed by atoms with Gasteiger partial charge in [0, 0.05) is 22.6 Å². The van der Waals surface area contributed by atoms with Crippen molar-refractivity contribution in [3.63, 3.8) is 0 Å². The number of phenolic OH excluding ortho intramolecular Hbond substituents is 1. The van der Waals surface area contributed by atoms with E-state index in [1.165, 1.54) is 12.1 Å². The predicted octanol–water partition coefficient (Wildman–Crippen LogP) is 4.16. The first-order valence-corrected chi connectivity index (χ1v) is 7.60. The Labute approximate surface area is 138 Å². The number of nitrogens with two attached hydrogens (primary N) is 1. The molecular formula is C20H15NO3. The van der Waals surface area contributed by atoms with Gasteiger partial charge in [-0.15, -0.1) is 0 Å². The van der Waals surface area contributed by atoms with Crippen LogP contribution in [0.15, 0.2) is 63.8 Å². The molecule has 4 rings (SSSR count). The molecule has 2 aromatic carbocycles. The van der Waals surface area contributed by atoms with Crippen molar-refractivity contribution in [1.29, 1.82) is 0 Å². The van der Waals surface area contributed by atoms with Crippen molar-refractivity contribution < 1.29 is 9.52 Å². The highest BCUT2D eigenvalue weighted by atomic mass is 16.3. The lowest BCUT2D eigenvalue weighted by molar-refractivity contribution is 0.477. The van der Waals surface area contributed by atoms with E-state index in [4.69, 9.17) is 10.2 Å². The van der Waals surface area contributed by atoms with E-state index >= 15 is 0 Å². The number of anilines is 1.